The number of aliphatic hydroxyl groups excluding tert-OH is 1. The molecule has 0 spiro atoms. The molecule has 0 bridgehead atoms. The molecule has 1 N–H and O–H groups in total. The highest BCUT2D eigenvalue weighted by atomic mass is 32.1. The average Bonchev–Trinajstić information content (AvgIpc) is 2.90. The summed E-state index contributed by atoms with van der Waals surface area (Å²) in [7, 11) is 0. The molecule has 19 heavy (non-hydrogen) atoms. The zero-order valence-electron chi connectivity index (χ0n) is 11.3. The van der Waals surface area contributed by atoms with Gasteiger partial charge >= 0.3 is 0 Å². The van der Waals surface area contributed by atoms with Gasteiger partial charge in [-0.05, 0) is 41.2 Å². The molecule has 1 atom stereocenters. The maximum absolute atomic E-state index is 10.4. The molecule has 1 saturated carbocycles. The number of thiophene rings is 1. The summed E-state index contributed by atoms with van der Waals surface area (Å²) < 4.78 is 1.29. The zero-order valence-corrected chi connectivity index (χ0v) is 12.2. The second-order valence-electron chi connectivity index (χ2n) is 5.78. The van der Waals surface area contributed by atoms with Crippen LogP contribution in [0.5, 0.6) is 0 Å². The van der Waals surface area contributed by atoms with Crippen LogP contribution in [0.15, 0.2) is 29.6 Å². The first kappa shape index (κ1) is 13.1. The minimum atomic E-state index is -0.280. The molecule has 0 aliphatic heterocycles. The highest BCUT2D eigenvalue weighted by Crippen LogP contribution is 2.34. The van der Waals surface area contributed by atoms with Gasteiger partial charge in [0.15, 0.2) is 0 Å². The normalized spacial score (nSPS) is 18.8. The highest BCUT2D eigenvalue weighted by molar-refractivity contribution is 7.17. The van der Waals surface area contributed by atoms with Crippen molar-refractivity contribution < 1.29 is 5.11 Å². The molecule has 1 nitrogen and oxygen atoms in total. The fraction of sp³-hybridized carbons (Fsp3) is 0.529. The third kappa shape index (κ3) is 3.01. The largest absolute Gasteiger partial charge is 0.388 e. The number of hydrogen-bond donors (Lipinski definition) is 1. The Morgan fingerprint density at radius 3 is 2.79 bits per heavy atom. The van der Waals surface area contributed by atoms with Crippen molar-refractivity contribution in [2.75, 3.05) is 0 Å². The van der Waals surface area contributed by atoms with Crippen LogP contribution in [-0.2, 0) is 0 Å². The number of aliphatic hydroxyl groups is 1. The summed E-state index contributed by atoms with van der Waals surface area (Å²) in [6.45, 7) is 0. The summed E-state index contributed by atoms with van der Waals surface area (Å²) in [5, 5.41) is 13.8. The molecule has 0 saturated heterocycles. The van der Waals surface area contributed by atoms with E-state index in [1.165, 1.54) is 48.6 Å². The molecule has 1 aromatic carbocycles. The van der Waals surface area contributed by atoms with E-state index >= 15 is 0 Å². The van der Waals surface area contributed by atoms with Crippen LogP contribution in [-0.4, -0.2) is 5.11 Å². The number of fused-ring (bicyclic) bond motifs is 1. The second-order valence-corrected chi connectivity index (χ2v) is 6.70. The van der Waals surface area contributed by atoms with Crippen LogP contribution in [0, 0.1) is 5.92 Å². The van der Waals surface area contributed by atoms with E-state index in [9.17, 15) is 5.11 Å². The summed E-state index contributed by atoms with van der Waals surface area (Å²) in [6.07, 6.45) is 8.77. The van der Waals surface area contributed by atoms with Crippen molar-refractivity contribution in [3.63, 3.8) is 0 Å². The first-order chi connectivity index (χ1) is 9.34. The molecule has 0 radical (unpaired) electrons. The average molecular weight is 274 g/mol. The van der Waals surface area contributed by atoms with E-state index < -0.39 is 0 Å². The molecule has 1 heterocycles. The number of benzene rings is 1. The van der Waals surface area contributed by atoms with Crippen LogP contribution in [0.25, 0.3) is 10.1 Å². The number of hydrogen-bond acceptors (Lipinski definition) is 2. The van der Waals surface area contributed by atoms with Gasteiger partial charge in [-0.25, -0.2) is 0 Å². The van der Waals surface area contributed by atoms with Gasteiger partial charge in [0.2, 0.25) is 0 Å². The van der Waals surface area contributed by atoms with Crippen molar-refractivity contribution in [3.05, 3.63) is 35.2 Å². The van der Waals surface area contributed by atoms with E-state index in [0.717, 1.165) is 17.9 Å². The van der Waals surface area contributed by atoms with Crippen LogP contribution in [0.2, 0.25) is 0 Å². The van der Waals surface area contributed by atoms with Crippen LogP contribution >= 0.6 is 11.3 Å². The predicted molar refractivity (Wildman–Crippen MR) is 82.6 cm³/mol. The van der Waals surface area contributed by atoms with E-state index in [-0.39, 0.29) is 6.10 Å². The molecule has 1 fully saturated rings. The Labute approximate surface area is 119 Å². The standard InChI is InChI=1S/C17H22OS/c18-16(11-10-13-6-2-1-3-7-13)15-12-19-17-9-5-4-8-14(15)17/h4-5,8-9,12-13,16,18H,1-3,6-7,10-11H2. The lowest BCUT2D eigenvalue weighted by Gasteiger charge is -2.22. The van der Waals surface area contributed by atoms with Crippen molar-refractivity contribution in [1.29, 1.82) is 0 Å². The first-order valence-electron chi connectivity index (χ1n) is 7.49. The SMILES string of the molecule is OC(CCC1CCCCC1)c1csc2ccccc12. The topological polar surface area (TPSA) is 20.2 Å². The third-order valence-corrected chi connectivity index (χ3v) is 5.42. The predicted octanol–water partition coefficient (Wildman–Crippen LogP) is 5.30. The van der Waals surface area contributed by atoms with E-state index in [1.807, 2.05) is 0 Å². The van der Waals surface area contributed by atoms with Gasteiger partial charge in [-0.2, -0.15) is 0 Å². The summed E-state index contributed by atoms with van der Waals surface area (Å²) in [5.74, 6) is 0.855. The van der Waals surface area contributed by atoms with Crippen molar-refractivity contribution in [2.45, 2.75) is 51.0 Å². The van der Waals surface area contributed by atoms with Gasteiger partial charge in [0, 0.05) is 4.70 Å². The molecule has 1 aliphatic rings. The molecule has 1 unspecified atom stereocenters. The second kappa shape index (κ2) is 6.06. The molecule has 2 aromatic rings. The van der Waals surface area contributed by atoms with E-state index in [0.29, 0.717) is 0 Å². The van der Waals surface area contributed by atoms with Gasteiger partial charge in [-0.1, -0.05) is 50.3 Å². The van der Waals surface area contributed by atoms with Crippen molar-refractivity contribution >= 4 is 21.4 Å². The van der Waals surface area contributed by atoms with Crippen LogP contribution in [0.1, 0.15) is 56.6 Å². The van der Waals surface area contributed by atoms with Gasteiger partial charge in [-0.15, -0.1) is 11.3 Å². The van der Waals surface area contributed by atoms with Gasteiger partial charge in [0.05, 0.1) is 6.10 Å². The van der Waals surface area contributed by atoms with Crippen LogP contribution in [0.3, 0.4) is 0 Å². The maximum Gasteiger partial charge on any atom is 0.0804 e. The van der Waals surface area contributed by atoms with E-state index in [4.69, 9.17) is 0 Å². The Kier molecular flexibility index (Phi) is 4.19. The van der Waals surface area contributed by atoms with Crippen LogP contribution < -0.4 is 0 Å². The van der Waals surface area contributed by atoms with Gasteiger partial charge in [0.1, 0.15) is 0 Å². The Morgan fingerprint density at radius 1 is 1.16 bits per heavy atom. The zero-order chi connectivity index (χ0) is 13.1. The fourth-order valence-electron chi connectivity index (χ4n) is 3.28. The van der Waals surface area contributed by atoms with E-state index in [2.05, 4.69) is 29.6 Å². The molecular formula is C17H22OS. The third-order valence-electron chi connectivity index (χ3n) is 4.44. The van der Waals surface area contributed by atoms with Crippen molar-refractivity contribution in [1.82, 2.24) is 0 Å². The Balaban J connectivity index is 1.64. The summed E-state index contributed by atoms with van der Waals surface area (Å²) >= 11 is 1.74. The molecule has 102 valence electrons. The Bertz CT molecular complexity index is 525. The monoisotopic (exact) mass is 274 g/mol. The Hall–Kier alpha value is -0.860. The quantitative estimate of drug-likeness (QED) is 0.802. The minimum Gasteiger partial charge on any atom is -0.388 e. The summed E-state index contributed by atoms with van der Waals surface area (Å²) in [4.78, 5) is 0. The number of rotatable bonds is 4. The van der Waals surface area contributed by atoms with Gasteiger partial charge in [-0.3, -0.25) is 0 Å². The lowest BCUT2D eigenvalue weighted by Crippen LogP contribution is -2.08. The first-order valence-corrected chi connectivity index (χ1v) is 8.37. The molecule has 2 heteroatoms. The van der Waals surface area contributed by atoms with Crippen molar-refractivity contribution in [3.8, 4) is 0 Å². The van der Waals surface area contributed by atoms with Crippen molar-refractivity contribution in [2.24, 2.45) is 5.92 Å². The van der Waals surface area contributed by atoms with Crippen LogP contribution in [0.4, 0.5) is 0 Å². The lowest BCUT2D eigenvalue weighted by molar-refractivity contribution is 0.153. The highest BCUT2D eigenvalue weighted by Gasteiger charge is 2.17. The fourth-order valence-corrected chi connectivity index (χ4v) is 4.29. The summed E-state index contributed by atoms with van der Waals surface area (Å²) in [6, 6.07) is 8.39. The lowest BCUT2D eigenvalue weighted by atomic mass is 9.85. The maximum atomic E-state index is 10.4. The molecule has 1 aliphatic carbocycles. The van der Waals surface area contributed by atoms with E-state index in [1.54, 1.807) is 11.3 Å². The molecule has 1 aromatic heterocycles. The smallest absolute Gasteiger partial charge is 0.0804 e. The molecule has 0 amide bonds. The van der Waals surface area contributed by atoms with Gasteiger partial charge in [0.25, 0.3) is 0 Å². The summed E-state index contributed by atoms with van der Waals surface area (Å²) in [5.41, 5.74) is 1.14. The molecular weight excluding hydrogens is 252 g/mol. The molecule has 3 rings (SSSR count). The minimum absolute atomic E-state index is 0.280. The Morgan fingerprint density at radius 2 is 1.95 bits per heavy atom. The van der Waals surface area contributed by atoms with Gasteiger partial charge < -0.3 is 5.11 Å².